The number of hydrogen-bond acceptors (Lipinski definition) is 9. The van der Waals surface area contributed by atoms with Crippen molar-refractivity contribution in [3.8, 4) is 5.75 Å². The maximum Gasteiger partial charge on any atom is 0.255 e. The number of phenolic OH excluding ortho intramolecular Hbond substituents is 1. The third kappa shape index (κ3) is 3.34. The van der Waals surface area contributed by atoms with Gasteiger partial charge >= 0.3 is 0 Å². The highest BCUT2D eigenvalue weighted by Crippen LogP contribution is 2.55. The van der Waals surface area contributed by atoms with Gasteiger partial charge in [0.25, 0.3) is 5.91 Å². The van der Waals surface area contributed by atoms with Crippen molar-refractivity contribution >= 4 is 40.7 Å². The van der Waals surface area contributed by atoms with E-state index in [9.17, 15) is 44.7 Å². The lowest BCUT2D eigenvalue weighted by Gasteiger charge is -2.49. The maximum atomic E-state index is 13.8. The van der Waals surface area contributed by atoms with Gasteiger partial charge in [0.15, 0.2) is 17.2 Å². The first-order valence-corrected chi connectivity index (χ1v) is 11.7. The number of amides is 1. The number of aliphatic hydroxyl groups is 4. The molecular formula is C28H23NO9. The van der Waals surface area contributed by atoms with E-state index < -0.39 is 75.8 Å². The minimum Gasteiger partial charge on any atom is -0.508 e. The van der Waals surface area contributed by atoms with Gasteiger partial charge in [-0.3, -0.25) is 19.2 Å². The van der Waals surface area contributed by atoms with Crippen LogP contribution in [0.4, 0.5) is 0 Å². The van der Waals surface area contributed by atoms with Crippen molar-refractivity contribution in [3.63, 3.8) is 0 Å². The van der Waals surface area contributed by atoms with E-state index >= 15 is 0 Å². The Hall–Kier alpha value is -4.54. The molecule has 3 aliphatic carbocycles. The summed E-state index contributed by atoms with van der Waals surface area (Å²) in [6.07, 6.45) is -0.832. The zero-order valence-corrected chi connectivity index (χ0v) is 20.0. The summed E-state index contributed by atoms with van der Waals surface area (Å²) >= 11 is 0. The van der Waals surface area contributed by atoms with Crippen LogP contribution in [-0.4, -0.2) is 60.5 Å². The van der Waals surface area contributed by atoms with Gasteiger partial charge in [-0.15, -0.1) is 0 Å². The molecule has 0 aliphatic heterocycles. The fourth-order valence-corrected chi connectivity index (χ4v) is 5.72. The van der Waals surface area contributed by atoms with Gasteiger partial charge in [0, 0.05) is 23.8 Å². The molecule has 0 spiro atoms. The van der Waals surface area contributed by atoms with Gasteiger partial charge in [0.1, 0.15) is 22.8 Å². The topological polar surface area (TPSA) is 195 Å². The molecule has 0 saturated heterocycles. The Bertz CT molecular complexity index is 1560. The van der Waals surface area contributed by atoms with E-state index in [1.807, 2.05) is 0 Å². The fourth-order valence-electron chi connectivity index (χ4n) is 5.72. The van der Waals surface area contributed by atoms with Crippen LogP contribution in [0.25, 0.3) is 17.4 Å². The van der Waals surface area contributed by atoms with E-state index in [4.69, 9.17) is 5.73 Å². The zero-order chi connectivity index (χ0) is 27.7. The Morgan fingerprint density at radius 1 is 1.08 bits per heavy atom. The van der Waals surface area contributed by atoms with Crippen molar-refractivity contribution in [2.45, 2.75) is 25.0 Å². The van der Waals surface area contributed by atoms with Crippen molar-refractivity contribution in [3.05, 3.63) is 81.6 Å². The van der Waals surface area contributed by atoms with E-state index in [1.165, 1.54) is 19.1 Å². The van der Waals surface area contributed by atoms with Gasteiger partial charge in [-0.1, -0.05) is 36.4 Å². The molecule has 0 bridgehead atoms. The lowest BCUT2D eigenvalue weighted by atomic mass is 9.56. The van der Waals surface area contributed by atoms with Crippen LogP contribution in [0.2, 0.25) is 0 Å². The Labute approximate surface area is 215 Å². The Kier molecular flexibility index (Phi) is 5.62. The minimum absolute atomic E-state index is 0.152. The molecule has 0 aromatic heterocycles. The van der Waals surface area contributed by atoms with Crippen LogP contribution in [0.5, 0.6) is 5.75 Å². The molecule has 1 amide bonds. The molecule has 2 aromatic rings. The van der Waals surface area contributed by atoms with E-state index in [-0.39, 0.29) is 22.5 Å². The largest absolute Gasteiger partial charge is 0.508 e. The summed E-state index contributed by atoms with van der Waals surface area (Å²) in [6, 6.07) is 10.8. The van der Waals surface area contributed by atoms with Gasteiger partial charge in [-0.05, 0) is 35.8 Å². The van der Waals surface area contributed by atoms with Gasteiger partial charge in [0.05, 0.1) is 17.2 Å². The van der Waals surface area contributed by atoms with Gasteiger partial charge in [-0.2, -0.15) is 0 Å². The number of hydrogen-bond donors (Lipinski definition) is 6. The molecule has 1 saturated carbocycles. The molecule has 10 heteroatoms. The van der Waals surface area contributed by atoms with E-state index in [2.05, 4.69) is 0 Å². The third-order valence-corrected chi connectivity index (χ3v) is 7.52. The van der Waals surface area contributed by atoms with E-state index in [0.29, 0.717) is 11.1 Å². The molecule has 2 aromatic carbocycles. The first-order valence-electron chi connectivity index (χ1n) is 11.7. The van der Waals surface area contributed by atoms with Crippen LogP contribution in [0.1, 0.15) is 40.4 Å². The van der Waals surface area contributed by atoms with Crippen LogP contribution in [0.3, 0.4) is 0 Å². The molecular weight excluding hydrogens is 494 g/mol. The van der Waals surface area contributed by atoms with Crippen LogP contribution in [0, 0.1) is 11.8 Å². The highest BCUT2D eigenvalue weighted by Gasteiger charge is 2.64. The van der Waals surface area contributed by atoms with Crippen LogP contribution in [0.15, 0.2) is 59.4 Å². The smallest absolute Gasteiger partial charge is 0.255 e. The third-order valence-electron chi connectivity index (χ3n) is 7.52. The normalized spacial score (nSPS) is 27.7. The molecule has 4 unspecified atom stereocenters. The quantitative estimate of drug-likeness (QED) is 0.259. The highest BCUT2D eigenvalue weighted by atomic mass is 16.4. The van der Waals surface area contributed by atoms with Crippen molar-refractivity contribution < 1.29 is 44.7 Å². The summed E-state index contributed by atoms with van der Waals surface area (Å²) in [6.45, 7) is 1.39. The lowest BCUT2D eigenvalue weighted by Crippen LogP contribution is -2.63. The van der Waals surface area contributed by atoms with Gasteiger partial charge < -0.3 is 31.3 Å². The standard InChI is InChI=1S/C28H23NO9/c1-11(30)13-5-2-4-12(8-13)9-15-14-6-3-7-17(31)19(14)24(34)22-20(15)23(33)16-10-18(32)21(27(29)37)25(35)28(16,38)26(22)36/h2-9,16,20,23,31,33-35,38H,10H2,1H3,(H2,29,37)/b15-9+. The minimum atomic E-state index is -2.93. The van der Waals surface area contributed by atoms with Crippen molar-refractivity contribution in [1.82, 2.24) is 0 Å². The predicted octanol–water partition coefficient (Wildman–Crippen LogP) is 1.60. The number of fused-ring (bicyclic) bond motifs is 3. The second kappa shape index (κ2) is 8.51. The molecule has 4 atom stereocenters. The number of nitrogens with two attached hydrogens (primary N) is 1. The number of aliphatic hydroxyl groups excluding tert-OH is 3. The Morgan fingerprint density at radius 3 is 2.42 bits per heavy atom. The number of benzene rings is 2. The molecule has 3 aliphatic rings. The Morgan fingerprint density at radius 2 is 1.76 bits per heavy atom. The highest BCUT2D eigenvalue weighted by molar-refractivity contribution is 6.23. The SMILES string of the molecule is CC(=O)c1cccc(/C=C2\c3cccc(O)c3C(O)=C3C(=O)C4(O)C(O)=C(C(N)=O)C(=O)CC4C(O)C32)c1. The van der Waals surface area contributed by atoms with Crippen LogP contribution >= 0.6 is 0 Å². The number of carbonyl (C=O) groups is 4. The van der Waals surface area contributed by atoms with E-state index in [0.717, 1.165) is 0 Å². The number of ketones is 3. The first kappa shape index (κ1) is 25.1. The first-order chi connectivity index (χ1) is 17.9. The molecule has 1 fully saturated rings. The van der Waals surface area contributed by atoms with Crippen molar-refractivity contribution in [1.29, 1.82) is 0 Å². The number of rotatable bonds is 3. The summed E-state index contributed by atoms with van der Waals surface area (Å²) in [5, 5.41) is 55.5. The molecule has 38 heavy (non-hydrogen) atoms. The van der Waals surface area contributed by atoms with Crippen molar-refractivity contribution in [2.75, 3.05) is 0 Å². The molecule has 7 N–H and O–H groups in total. The zero-order valence-electron chi connectivity index (χ0n) is 20.0. The summed E-state index contributed by atoms with van der Waals surface area (Å²) in [5.74, 6) is -9.09. The number of primary amides is 1. The average Bonchev–Trinajstić information content (AvgIpc) is 2.86. The molecule has 0 radical (unpaired) electrons. The molecule has 0 heterocycles. The van der Waals surface area contributed by atoms with Crippen LogP contribution < -0.4 is 5.73 Å². The molecule has 194 valence electrons. The summed E-state index contributed by atoms with van der Waals surface area (Å²) in [5.41, 5.74) is 2.05. The van der Waals surface area contributed by atoms with Gasteiger partial charge in [-0.25, -0.2) is 0 Å². The Balaban J connectivity index is 1.81. The van der Waals surface area contributed by atoms with Crippen LogP contribution in [-0.2, 0) is 14.4 Å². The summed E-state index contributed by atoms with van der Waals surface area (Å²) in [7, 11) is 0. The predicted molar refractivity (Wildman–Crippen MR) is 133 cm³/mol. The number of Topliss-reactive ketones (excluding diaryl/α,β-unsaturated/α-hetero) is 3. The summed E-state index contributed by atoms with van der Waals surface area (Å²) in [4.78, 5) is 50.2. The fraction of sp³-hybridized carbons (Fsp3) is 0.214. The van der Waals surface area contributed by atoms with E-state index in [1.54, 1.807) is 36.4 Å². The summed E-state index contributed by atoms with van der Waals surface area (Å²) < 4.78 is 0. The monoisotopic (exact) mass is 517 g/mol. The van der Waals surface area contributed by atoms with Crippen molar-refractivity contribution in [2.24, 2.45) is 17.6 Å². The number of aromatic hydroxyl groups is 1. The maximum absolute atomic E-state index is 13.8. The number of phenols is 1. The molecule has 10 nitrogen and oxygen atoms in total. The number of carbonyl (C=O) groups excluding carboxylic acids is 4. The second-order valence-corrected chi connectivity index (χ2v) is 9.63. The lowest BCUT2D eigenvalue weighted by molar-refractivity contribution is -0.157. The molecule has 5 rings (SSSR count). The average molecular weight is 517 g/mol. The van der Waals surface area contributed by atoms with Gasteiger partial charge in [0.2, 0.25) is 5.78 Å². The second-order valence-electron chi connectivity index (χ2n) is 9.63.